The normalized spacial score (nSPS) is 9.13. The van der Waals surface area contributed by atoms with Crippen LogP contribution in [0, 0.1) is 11.8 Å². The molecule has 2 N–H and O–H groups in total. The number of nitrogens with zero attached hydrogens (tertiary/aromatic N) is 1. The standard InChI is InChI=1S/C11H12N2O2/c1-12-6-3-2-4-9-8-13-7-5-10(9)11(14)15/h5,7-8,12H,3,6H2,1H3,(H,14,15). The van der Waals surface area contributed by atoms with Crippen molar-refractivity contribution in [2.45, 2.75) is 6.42 Å². The van der Waals surface area contributed by atoms with E-state index in [9.17, 15) is 4.79 Å². The zero-order valence-electron chi connectivity index (χ0n) is 8.45. The fraction of sp³-hybridized carbons (Fsp3) is 0.273. The van der Waals surface area contributed by atoms with E-state index in [4.69, 9.17) is 5.11 Å². The first-order valence-electron chi connectivity index (χ1n) is 4.56. The average Bonchev–Trinajstić information content (AvgIpc) is 2.25. The molecule has 0 fully saturated rings. The minimum Gasteiger partial charge on any atom is -0.478 e. The van der Waals surface area contributed by atoms with Gasteiger partial charge in [0.1, 0.15) is 0 Å². The van der Waals surface area contributed by atoms with Crippen molar-refractivity contribution in [2.24, 2.45) is 0 Å². The van der Waals surface area contributed by atoms with Gasteiger partial charge in [0, 0.05) is 25.4 Å². The molecule has 0 unspecified atom stereocenters. The number of aromatic nitrogens is 1. The first kappa shape index (κ1) is 11.2. The largest absolute Gasteiger partial charge is 0.478 e. The second-order valence-electron chi connectivity index (χ2n) is 2.88. The molecule has 0 aromatic carbocycles. The number of carbonyl (C=O) groups is 1. The van der Waals surface area contributed by atoms with Crippen LogP contribution >= 0.6 is 0 Å². The summed E-state index contributed by atoms with van der Waals surface area (Å²) in [6, 6.07) is 1.45. The van der Waals surface area contributed by atoms with Crippen molar-refractivity contribution in [3.8, 4) is 11.8 Å². The number of hydrogen-bond donors (Lipinski definition) is 2. The van der Waals surface area contributed by atoms with Gasteiger partial charge in [0.25, 0.3) is 0 Å². The summed E-state index contributed by atoms with van der Waals surface area (Å²) in [5.41, 5.74) is 0.656. The van der Waals surface area contributed by atoms with E-state index in [2.05, 4.69) is 22.1 Å². The molecule has 15 heavy (non-hydrogen) atoms. The van der Waals surface area contributed by atoms with Gasteiger partial charge >= 0.3 is 5.97 Å². The van der Waals surface area contributed by atoms with Gasteiger partial charge in [-0.15, -0.1) is 0 Å². The Hall–Kier alpha value is -1.86. The summed E-state index contributed by atoms with van der Waals surface area (Å²) in [5, 5.41) is 11.8. The predicted molar refractivity (Wildman–Crippen MR) is 56.6 cm³/mol. The third kappa shape index (κ3) is 3.41. The van der Waals surface area contributed by atoms with E-state index < -0.39 is 5.97 Å². The number of rotatable bonds is 3. The molecule has 1 aromatic heterocycles. The molecular weight excluding hydrogens is 192 g/mol. The van der Waals surface area contributed by atoms with Crippen molar-refractivity contribution in [3.05, 3.63) is 29.6 Å². The fourth-order valence-corrected chi connectivity index (χ4v) is 1.03. The van der Waals surface area contributed by atoms with Crippen LogP contribution < -0.4 is 5.32 Å². The molecule has 78 valence electrons. The summed E-state index contributed by atoms with van der Waals surface area (Å²) in [6.07, 6.45) is 3.60. The van der Waals surface area contributed by atoms with Gasteiger partial charge in [-0.3, -0.25) is 4.98 Å². The fourth-order valence-electron chi connectivity index (χ4n) is 1.03. The van der Waals surface area contributed by atoms with Crippen molar-refractivity contribution in [2.75, 3.05) is 13.6 Å². The van der Waals surface area contributed by atoms with Crippen LogP contribution in [0.2, 0.25) is 0 Å². The summed E-state index contributed by atoms with van der Waals surface area (Å²) < 4.78 is 0. The maximum Gasteiger partial charge on any atom is 0.337 e. The molecule has 0 amide bonds. The lowest BCUT2D eigenvalue weighted by molar-refractivity contribution is 0.0696. The van der Waals surface area contributed by atoms with Gasteiger partial charge in [0.05, 0.1) is 11.1 Å². The van der Waals surface area contributed by atoms with Crippen molar-refractivity contribution >= 4 is 5.97 Å². The molecule has 0 radical (unpaired) electrons. The SMILES string of the molecule is CNCCC#Cc1cnccc1C(=O)O. The highest BCUT2D eigenvalue weighted by atomic mass is 16.4. The van der Waals surface area contributed by atoms with E-state index in [1.165, 1.54) is 18.5 Å². The highest BCUT2D eigenvalue weighted by molar-refractivity contribution is 5.90. The van der Waals surface area contributed by atoms with Gasteiger partial charge in [0.15, 0.2) is 0 Å². The average molecular weight is 204 g/mol. The lowest BCUT2D eigenvalue weighted by Crippen LogP contribution is -2.06. The summed E-state index contributed by atoms with van der Waals surface area (Å²) >= 11 is 0. The van der Waals surface area contributed by atoms with Crippen molar-refractivity contribution in [3.63, 3.8) is 0 Å². The molecule has 0 saturated heterocycles. The van der Waals surface area contributed by atoms with Crippen LogP contribution in [0.15, 0.2) is 18.5 Å². The summed E-state index contributed by atoms with van der Waals surface area (Å²) in [6.45, 7) is 0.787. The Bertz CT molecular complexity index is 405. The molecule has 1 heterocycles. The van der Waals surface area contributed by atoms with Crippen LogP contribution in [-0.4, -0.2) is 29.7 Å². The predicted octanol–water partition coefficient (Wildman–Crippen LogP) is 0.741. The minimum atomic E-state index is -0.977. The van der Waals surface area contributed by atoms with Gasteiger partial charge in [-0.05, 0) is 13.1 Å². The number of carboxylic acid groups (broad SMARTS) is 1. The van der Waals surface area contributed by atoms with Crippen LogP contribution in [0.25, 0.3) is 0 Å². The number of pyridine rings is 1. The zero-order chi connectivity index (χ0) is 11.1. The maximum atomic E-state index is 10.8. The third-order valence-corrected chi connectivity index (χ3v) is 1.77. The second kappa shape index (κ2) is 5.78. The molecular formula is C11H12N2O2. The smallest absolute Gasteiger partial charge is 0.337 e. The molecule has 0 aliphatic carbocycles. The molecule has 1 aromatic rings. The lowest BCUT2D eigenvalue weighted by Gasteiger charge is -1.96. The molecule has 4 heteroatoms. The second-order valence-corrected chi connectivity index (χ2v) is 2.88. The quantitative estimate of drug-likeness (QED) is 0.563. The van der Waals surface area contributed by atoms with Crippen molar-refractivity contribution < 1.29 is 9.90 Å². The first-order chi connectivity index (χ1) is 7.25. The first-order valence-corrected chi connectivity index (χ1v) is 4.56. The molecule has 1 rings (SSSR count). The zero-order valence-corrected chi connectivity index (χ0v) is 8.45. The number of nitrogens with one attached hydrogen (secondary N) is 1. The van der Waals surface area contributed by atoms with Gasteiger partial charge in [-0.1, -0.05) is 11.8 Å². The van der Waals surface area contributed by atoms with Gasteiger partial charge in [-0.2, -0.15) is 0 Å². The highest BCUT2D eigenvalue weighted by Gasteiger charge is 2.06. The highest BCUT2D eigenvalue weighted by Crippen LogP contribution is 2.04. The Labute approximate surface area is 88.3 Å². The van der Waals surface area contributed by atoms with Gasteiger partial charge in [0.2, 0.25) is 0 Å². The molecule has 4 nitrogen and oxygen atoms in total. The molecule has 0 bridgehead atoms. The topological polar surface area (TPSA) is 62.2 Å². The Morgan fingerprint density at radius 3 is 3.13 bits per heavy atom. The molecule has 0 atom stereocenters. The van der Waals surface area contributed by atoms with Crippen LogP contribution in [-0.2, 0) is 0 Å². The Kier molecular flexibility index (Phi) is 4.32. The van der Waals surface area contributed by atoms with E-state index in [0.717, 1.165) is 6.54 Å². The molecule has 0 saturated carbocycles. The van der Waals surface area contributed by atoms with E-state index in [0.29, 0.717) is 12.0 Å². The van der Waals surface area contributed by atoms with Crippen LogP contribution in [0.3, 0.4) is 0 Å². The van der Waals surface area contributed by atoms with Crippen LogP contribution in [0.5, 0.6) is 0 Å². The van der Waals surface area contributed by atoms with Crippen LogP contribution in [0.4, 0.5) is 0 Å². The molecule has 0 aliphatic heterocycles. The summed E-state index contributed by atoms with van der Waals surface area (Å²) in [4.78, 5) is 14.6. The number of hydrogen-bond acceptors (Lipinski definition) is 3. The van der Waals surface area contributed by atoms with Crippen molar-refractivity contribution in [1.29, 1.82) is 0 Å². The summed E-state index contributed by atoms with van der Waals surface area (Å²) in [5.74, 6) is 4.70. The van der Waals surface area contributed by atoms with E-state index in [1.807, 2.05) is 7.05 Å². The van der Waals surface area contributed by atoms with Gasteiger partial charge in [-0.25, -0.2) is 4.79 Å². The Morgan fingerprint density at radius 1 is 1.67 bits per heavy atom. The Balaban J connectivity index is 2.83. The van der Waals surface area contributed by atoms with Crippen molar-refractivity contribution in [1.82, 2.24) is 10.3 Å². The molecule has 0 spiro atoms. The maximum absolute atomic E-state index is 10.8. The number of carboxylic acids is 1. The summed E-state index contributed by atoms with van der Waals surface area (Å²) in [7, 11) is 1.84. The third-order valence-electron chi connectivity index (χ3n) is 1.77. The molecule has 0 aliphatic rings. The van der Waals surface area contributed by atoms with E-state index in [-0.39, 0.29) is 5.56 Å². The van der Waals surface area contributed by atoms with E-state index in [1.54, 1.807) is 0 Å². The van der Waals surface area contributed by atoms with Gasteiger partial charge < -0.3 is 10.4 Å². The lowest BCUT2D eigenvalue weighted by atomic mass is 10.1. The van der Waals surface area contributed by atoms with E-state index >= 15 is 0 Å². The van der Waals surface area contributed by atoms with Crippen LogP contribution in [0.1, 0.15) is 22.3 Å². The monoisotopic (exact) mass is 204 g/mol. The minimum absolute atomic E-state index is 0.196. The Morgan fingerprint density at radius 2 is 2.47 bits per heavy atom. The number of aromatic carboxylic acids is 1.